The summed E-state index contributed by atoms with van der Waals surface area (Å²) in [6, 6.07) is 8.08. The smallest absolute Gasteiger partial charge is 0.122 e. The van der Waals surface area contributed by atoms with Gasteiger partial charge in [0, 0.05) is 6.42 Å². The summed E-state index contributed by atoms with van der Waals surface area (Å²) in [6.45, 7) is 0. The molecule has 1 N–H and O–H groups in total. The number of benzene rings is 1. The van der Waals surface area contributed by atoms with Gasteiger partial charge in [0.25, 0.3) is 0 Å². The fraction of sp³-hybridized carbons (Fsp3) is 0.647. The van der Waals surface area contributed by atoms with Gasteiger partial charge in [-0.2, -0.15) is 0 Å². The summed E-state index contributed by atoms with van der Waals surface area (Å²) in [5, 5.41) is 10.6. The Bertz CT molecular complexity index is 468. The molecule has 5 unspecified atom stereocenters. The zero-order chi connectivity index (χ0) is 13.0. The van der Waals surface area contributed by atoms with Gasteiger partial charge in [0.2, 0.25) is 0 Å². The number of fused-ring (bicyclic) bond motifs is 5. The van der Waals surface area contributed by atoms with Crippen molar-refractivity contribution in [3.05, 3.63) is 29.8 Å². The van der Waals surface area contributed by atoms with E-state index >= 15 is 0 Å². The van der Waals surface area contributed by atoms with Crippen molar-refractivity contribution in [3.8, 4) is 5.75 Å². The Labute approximate surface area is 114 Å². The van der Waals surface area contributed by atoms with Gasteiger partial charge in [-0.25, -0.2) is 0 Å². The summed E-state index contributed by atoms with van der Waals surface area (Å²) >= 11 is 0. The van der Waals surface area contributed by atoms with Crippen LogP contribution >= 0.6 is 0 Å². The summed E-state index contributed by atoms with van der Waals surface area (Å²) in [7, 11) is 1.71. The molecule has 0 aliphatic heterocycles. The van der Waals surface area contributed by atoms with Crippen molar-refractivity contribution in [1.82, 2.24) is 0 Å². The van der Waals surface area contributed by atoms with Crippen LogP contribution in [0.3, 0.4) is 0 Å². The van der Waals surface area contributed by atoms with E-state index in [4.69, 9.17) is 4.74 Å². The molecule has 5 atom stereocenters. The third-order valence-corrected chi connectivity index (χ3v) is 5.86. The van der Waals surface area contributed by atoms with E-state index in [0.717, 1.165) is 41.4 Å². The van der Waals surface area contributed by atoms with E-state index in [-0.39, 0.29) is 6.10 Å². The van der Waals surface area contributed by atoms with E-state index in [0.29, 0.717) is 5.92 Å². The van der Waals surface area contributed by atoms with Gasteiger partial charge in [-0.3, -0.25) is 0 Å². The summed E-state index contributed by atoms with van der Waals surface area (Å²) < 4.78 is 5.38. The van der Waals surface area contributed by atoms with Crippen LogP contribution in [0.5, 0.6) is 5.75 Å². The summed E-state index contributed by atoms with van der Waals surface area (Å²) in [5.41, 5.74) is 1.15. The Balaban J connectivity index is 1.47. The molecule has 102 valence electrons. The van der Waals surface area contributed by atoms with Crippen LogP contribution in [-0.4, -0.2) is 18.3 Å². The molecule has 1 aromatic rings. The molecule has 3 aliphatic rings. The van der Waals surface area contributed by atoms with E-state index in [2.05, 4.69) is 6.07 Å². The summed E-state index contributed by atoms with van der Waals surface area (Å²) in [4.78, 5) is 0. The first kappa shape index (κ1) is 11.8. The quantitative estimate of drug-likeness (QED) is 0.900. The Morgan fingerprint density at radius 3 is 2.58 bits per heavy atom. The van der Waals surface area contributed by atoms with Gasteiger partial charge in [-0.15, -0.1) is 0 Å². The van der Waals surface area contributed by atoms with Gasteiger partial charge in [-0.05, 0) is 60.5 Å². The van der Waals surface area contributed by atoms with Crippen LogP contribution in [0.4, 0.5) is 0 Å². The average Bonchev–Trinajstić information content (AvgIpc) is 2.88. The first-order valence-corrected chi connectivity index (χ1v) is 7.59. The van der Waals surface area contributed by atoms with Gasteiger partial charge in [0.15, 0.2) is 0 Å². The Hall–Kier alpha value is -1.02. The summed E-state index contributed by atoms with van der Waals surface area (Å²) in [5.74, 6) is 5.07. The number of hydrogen-bond donors (Lipinski definition) is 1. The van der Waals surface area contributed by atoms with Gasteiger partial charge in [-0.1, -0.05) is 18.2 Å². The number of methoxy groups -OCH3 is 1. The molecule has 3 saturated carbocycles. The lowest BCUT2D eigenvalue weighted by molar-refractivity contribution is 0.128. The minimum absolute atomic E-state index is 0.172. The number of hydrogen-bond acceptors (Lipinski definition) is 2. The minimum atomic E-state index is -0.172. The summed E-state index contributed by atoms with van der Waals surface area (Å²) in [6.07, 6.45) is 4.87. The Kier molecular flexibility index (Phi) is 2.63. The maximum Gasteiger partial charge on any atom is 0.122 e. The molecule has 0 amide bonds. The molecule has 0 spiro atoms. The standard InChI is InChI=1S/C17H22O2/c1-19-14-5-3-2-4-10(14)9-13(18)17-15-11-6-7-12(8-11)16(15)17/h2-5,11-13,15-18H,6-9H2,1H3. The van der Waals surface area contributed by atoms with Crippen LogP contribution in [0, 0.1) is 29.6 Å². The molecule has 2 nitrogen and oxygen atoms in total. The van der Waals surface area contributed by atoms with Gasteiger partial charge in [0.05, 0.1) is 13.2 Å². The maximum absolute atomic E-state index is 10.6. The lowest BCUT2D eigenvalue weighted by Crippen LogP contribution is -2.18. The molecular weight excluding hydrogens is 236 g/mol. The molecule has 3 aliphatic carbocycles. The second kappa shape index (κ2) is 4.24. The van der Waals surface area contributed by atoms with Crippen molar-refractivity contribution >= 4 is 0 Å². The number of rotatable bonds is 4. The van der Waals surface area contributed by atoms with E-state index in [1.807, 2.05) is 18.2 Å². The highest BCUT2D eigenvalue weighted by atomic mass is 16.5. The van der Waals surface area contributed by atoms with Crippen LogP contribution in [0.2, 0.25) is 0 Å². The number of ether oxygens (including phenoxy) is 1. The molecule has 2 bridgehead atoms. The van der Waals surface area contributed by atoms with Crippen LogP contribution in [-0.2, 0) is 6.42 Å². The fourth-order valence-electron chi connectivity index (χ4n) is 5.14. The van der Waals surface area contributed by atoms with E-state index in [1.54, 1.807) is 7.11 Å². The molecule has 0 radical (unpaired) electrons. The highest BCUT2D eigenvalue weighted by Gasteiger charge is 2.66. The van der Waals surface area contributed by atoms with Gasteiger partial charge < -0.3 is 9.84 Å². The lowest BCUT2D eigenvalue weighted by atomic mass is 9.95. The van der Waals surface area contributed by atoms with Crippen molar-refractivity contribution in [2.75, 3.05) is 7.11 Å². The van der Waals surface area contributed by atoms with Crippen molar-refractivity contribution in [2.45, 2.75) is 31.8 Å². The van der Waals surface area contributed by atoms with Crippen LogP contribution in [0.25, 0.3) is 0 Å². The normalized spacial score (nSPS) is 40.0. The van der Waals surface area contributed by atoms with Crippen molar-refractivity contribution in [3.63, 3.8) is 0 Å². The number of aliphatic hydroxyl groups excluding tert-OH is 1. The molecule has 2 heteroatoms. The molecule has 0 heterocycles. The first-order valence-electron chi connectivity index (χ1n) is 7.59. The Morgan fingerprint density at radius 2 is 1.89 bits per heavy atom. The molecule has 0 aromatic heterocycles. The van der Waals surface area contributed by atoms with Gasteiger partial charge in [0.1, 0.15) is 5.75 Å². The number of aliphatic hydroxyl groups is 1. The van der Waals surface area contributed by atoms with E-state index < -0.39 is 0 Å². The third kappa shape index (κ3) is 1.73. The highest BCUT2D eigenvalue weighted by Crippen LogP contribution is 2.70. The molecule has 19 heavy (non-hydrogen) atoms. The molecular formula is C17H22O2. The third-order valence-electron chi connectivity index (χ3n) is 5.86. The second-order valence-corrected chi connectivity index (χ2v) is 6.65. The number of para-hydroxylation sites is 1. The van der Waals surface area contributed by atoms with Crippen molar-refractivity contribution in [2.24, 2.45) is 29.6 Å². The fourth-order valence-corrected chi connectivity index (χ4v) is 5.14. The van der Waals surface area contributed by atoms with E-state index in [9.17, 15) is 5.11 Å². The largest absolute Gasteiger partial charge is 0.496 e. The second-order valence-electron chi connectivity index (χ2n) is 6.65. The predicted molar refractivity (Wildman–Crippen MR) is 74.0 cm³/mol. The first-order chi connectivity index (χ1) is 9.29. The minimum Gasteiger partial charge on any atom is -0.496 e. The maximum atomic E-state index is 10.6. The van der Waals surface area contributed by atoms with Crippen molar-refractivity contribution in [1.29, 1.82) is 0 Å². The monoisotopic (exact) mass is 258 g/mol. The average molecular weight is 258 g/mol. The van der Waals surface area contributed by atoms with E-state index in [1.165, 1.54) is 19.3 Å². The van der Waals surface area contributed by atoms with Crippen LogP contribution in [0.15, 0.2) is 24.3 Å². The molecule has 1 aromatic carbocycles. The predicted octanol–water partition coefficient (Wildman–Crippen LogP) is 2.89. The van der Waals surface area contributed by atoms with Crippen LogP contribution in [0.1, 0.15) is 24.8 Å². The molecule has 4 rings (SSSR count). The lowest BCUT2D eigenvalue weighted by Gasteiger charge is -2.16. The Morgan fingerprint density at radius 1 is 1.21 bits per heavy atom. The highest BCUT2D eigenvalue weighted by molar-refractivity contribution is 5.34. The zero-order valence-corrected chi connectivity index (χ0v) is 11.5. The van der Waals surface area contributed by atoms with Crippen molar-refractivity contribution < 1.29 is 9.84 Å². The van der Waals surface area contributed by atoms with Crippen LogP contribution < -0.4 is 4.74 Å². The molecule has 3 fully saturated rings. The van der Waals surface area contributed by atoms with Gasteiger partial charge >= 0.3 is 0 Å². The molecule has 0 saturated heterocycles. The topological polar surface area (TPSA) is 29.5 Å². The zero-order valence-electron chi connectivity index (χ0n) is 11.5. The SMILES string of the molecule is COc1ccccc1CC(O)C1C2C3CCC(C3)C12.